The second kappa shape index (κ2) is 5.47. The van der Waals surface area contributed by atoms with E-state index >= 15 is 0 Å². The van der Waals surface area contributed by atoms with Crippen LogP contribution in [-0.4, -0.2) is 19.8 Å². The van der Waals surface area contributed by atoms with Gasteiger partial charge in [-0.3, -0.25) is 0 Å². The van der Waals surface area contributed by atoms with Crippen LogP contribution >= 0.6 is 0 Å². The first-order chi connectivity index (χ1) is 8.16. The Morgan fingerprint density at radius 1 is 1.59 bits per heavy atom. The highest BCUT2D eigenvalue weighted by atomic mass is 19.1. The fourth-order valence-electron chi connectivity index (χ4n) is 1.93. The molecule has 1 saturated heterocycles. The van der Waals surface area contributed by atoms with Crippen LogP contribution in [0.15, 0.2) is 18.2 Å². The lowest BCUT2D eigenvalue weighted by atomic mass is 10.1. The summed E-state index contributed by atoms with van der Waals surface area (Å²) in [6, 6.07) is 4.24. The number of nitrogens with two attached hydrogens (primary N) is 1. The van der Waals surface area contributed by atoms with Crippen molar-refractivity contribution in [3.63, 3.8) is 0 Å². The molecule has 0 spiro atoms. The minimum Gasteiger partial charge on any atom is -0.493 e. The number of rotatable bonds is 4. The van der Waals surface area contributed by atoms with Gasteiger partial charge in [0, 0.05) is 24.1 Å². The average molecular weight is 239 g/mol. The third-order valence-electron chi connectivity index (χ3n) is 2.96. The number of hydrogen-bond acceptors (Lipinski definition) is 3. The predicted molar refractivity (Wildman–Crippen MR) is 63.4 cm³/mol. The van der Waals surface area contributed by atoms with Crippen LogP contribution in [0.2, 0.25) is 0 Å². The van der Waals surface area contributed by atoms with Crippen molar-refractivity contribution in [3.8, 4) is 5.75 Å². The molecule has 17 heavy (non-hydrogen) atoms. The molecule has 0 amide bonds. The van der Waals surface area contributed by atoms with Crippen LogP contribution in [0.4, 0.5) is 4.39 Å². The van der Waals surface area contributed by atoms with Crippen molar-refractivity contribution in [2.75, 3.05) is 19.8 Å². The standard InChI is InChI=1S/C13H18FNO2/c1-9(15)12-6-11(14)2-3-13(12)17-8-10-4-5-16-7-10/h2-3,6,9-10H,4-5,7-8,15H2,1H3/t9-,10?/m0/s1. The molecule has 0 aliphatic carbocycles. The molecule has 4 heteroatoms. The van der Waals surface area contributed by atoms with Gasteiger partial charge >= 0.3 is 0 Å². The molecule has 2 N–H and O–H groups in total. The maximum Gasteiger partial charge on any atom is 0.124 e. The number of halogens is 1. The molecule has 1 aliphatic heterocycles. The zero-order valence-electron chi connectivity index (χ0n) is 9.99. The van der Waals surface area contributed by atoms with Crippen LogP contribution in [-0.2, 0) is 4.74 Å². The molecule has 1 aromatic carbocycles. The van der Waals surface area contributed by atoms with E-state index in [1.807, 2.05) is 6.92 Å². The van der Waals surface area contributed by atoms with E-state index < -0.39 is 0 Å². The van der Waals surface area contributed by atoms with E-state index in [9.17, 15) is 4.39 Å². The summed E-state index contributed by atoms with van der Waals surface area (Å²) in [6.07, 6.45) is 1.02. The molecule has 2 rings (SSSR count). The first-order valence-corrected chi connectivity index (χ1v) is 5.92. The van der Waals surface area contributed by atoms with Crippen molar-refractivity contribution in [3.05, 3.63) is 29.6 Å². The van der Waals surface area contributed by atoms with E-state index in [-0.39, 0.29) is 11.9 Å². The van der Waals surface area contributed by atoms with Gasteiger partial charge in [0.05, 0.1) is 13.2 Å². The highest BCUT2D eigenvalue weighted by molar-refractivity contribution is 5.36. The Morgan fingerprint density at radius 3 is 3.06 bits per heavy atom. The molecule has 1 unspecified atom stereocenters. The molecule has 0 aromatic heterocycles. The third-order valence-corrected chi connectivity index (χ3v) is 2.96. The summed E-state index contributed by atoms with van der Waals surface area (Å²) in [5.74, 6) is 0.822. The summed E-state index contributed by atoms with van der Waals surface area (Å²) in [5, 5.41) is 0. The summed E-state index contributed by atoms with van der Waals surface area (Å²) in [5.41, 5.74) is 6.51. The summed E-state index contributed by atoms with van der Waals surface area (Å²) >= 11 is 0. The fraction of sp³-hybridized carbons (Fsp3) is 0.538. The third kappa shape index (κ3) is 3.17. The topological polar surface area (TPSA) is 44.5 Å². The molecule has 2 atom stereocenters. The Labute approximate surface area is 101 Å². The summed E-state index contributed by atoms with van der Waals surface area (Å²) in [7, 11) is 0. The Kier molecular flexibility index (Phi) is 3.97. The number of benzene rings is 1. The summed E-state index contributed by atoms with van der Waals surface area (Å²) in [4.78, 5) is 0. The molecule has 0 radical (unpaired) electrons. The molecule has 1 heterocycles. The van der Waals surface area contributed by atoms with Crippen LogP contribution < -0.4 is 10.5 Å². The molecule has 94 valence electrons. The Hall–Kier alpha value is -1.13. The molecular weight excluding hydrogens is 221 g/mol. The molecule has 0 bridgehead atoms. The molecule has 0 saturated carbocycles. The second-order valence-corrected chi connectivity index (χ2v) is 4.51. The van der Waals surface area contributed by atoms with Crippen LogP contribution in [0, 0.1) is 11.7 Å². The van der Waals surface area contributed by atoms with Crippen molar-refractivity contribution in [1.82, 2.24) is 0 Å². The fourth-order valence-corrected chi connectivity index (χ4v) is 1.93. The second-order valence-electron chi connectivity index (χ2n) is 4.51. The van der Waals surface area contributed by atoms with Crippen molar-refractivity contribution in [2.45, 2.75) is 19.4 Å². The first kappa shape index (κ1) is 12.3. The van der Waals surface area contributed by atoms with Crippen molar-refractivity contribution >= 4 is 0 Å². The molecule has 1 aromatic rings. The van der Waals surface area contributed by atoms with E-state index in [1.54, 1.807) is 6.07 Å². The Morgan fingerprint density at radius 2 is 2.41 bits per heavy atom. The largest absolute Gasteiger partial charge is 0.493 e. The zero-order chi connectivity index (χ0) is 12.3. The van der Waals surface area contributed by atoms with Gasteiger partial charge in [0.15, 0.2) is 0 Å². The lowest BCUT2D eigenvalue weighted by molar-refractivity contribution is 0.166. The Balaban J connectivity index is 2.03. The van der Waals surface area contributed by atoms with E-state index in [4.69, 9.17) is 15.2 Å². The SMILES string of the molecule is C[C@H](N)c1cc(F)ccc1OCC1CCOC1. The normalized spacial score (nSPS) is 21.5. The first-order valence-electron chi connectivity index (χ1n) is 5.92. The van der Waals surface area contributed by atoms with Crippen LogP contribution in [0.25, 0.3) is 0 Å². The smallest absolute Gasteiger partial charge is 0.124 e. The molecule has 1 fully saturated rings. The van der Waals surface area contributed by atoms with Crippen LogP contribution in [0.1, 0.15) is 24.9 Å². The lowest BCUT2D eigenvalue weighted by Crippen LogP contribution is -2.14. The average Bonchev–Trinajstić information content (AvgIpc) is 2.80. The van der Waals surface area contributed by atoms with Gasteiger partial charge in [0.25, 0.3) is 0 Å². The van der Waals surface area contributed by atoms with Crippen LogP contribution in [0.3, 0.4) is 0 Å². The predicted octanol–water partition coefficient (Wildman–Crippen LogP) is 2.26. The highest BCUT2D eigenvalue weighted by Crippen LogP contribution is 2.26. The number of ether oxygens (including phenoxy) is 2. The maximum atomic E-state index is 13.1. The van der Waals surface area contributed by atoms with Gasteiger partial charge in [-0.25, -0.2) is 4.39 Å². The highest BCUT2D eigenvalue weighted by Gasteiger charge is 2.17. The zero-order valence-corrected chi connectivity index (χ0v) is 9.99. The Bertz CT molecular complexity index is 376. The molecule has 1 aliphatic rings. The van der Waals surface area contributed by atoms with Crippen molar-refractivity contribution < 1.29 is 13.9 Å². The van der Waals surface area contributed by atoms with Gasteiger partial charge in [-0.05, 0) is 31.5 Å². The van der Waals surface area contributed by atoms with Gasteiger partial charge in [0.1, 0.15) is 11.6 Å². The summed E-state index contributed by atoms with van der Waals surface area (Å²) in [6.45, 7) is 3.97. The van der Waals surface area contributed by atoms with Crippen LogP contribution in [0.5, 0.6) is 5.75 Å². The molecule has 3 nitrogen and oxygen atoms in total. The van der Waals surface area contributed by atoms with Crippen molar-refractivity contribution in [2.24, 2.45) is 11.7 Å². The quantitative estimate of drug-likeness (QED) is 0.876. The van der Waals surface area contributed by atoms with Gasteiger partial charge in [-0.2, -0.15) is 0 Å². The van der Waals surface area contributed by atoms with Gasteiger partial charge in [-0.15, -0.1) is 0 Å². The minimum atomic E-state index is -0.283. The van der Waals surface area contributed by atoms with E-state index in [0.717, 1.165) is 19.6 Å². The van der Waals surface area contributed by atoms with Crippen molar-refractivity contribution in [1.29, 1.82) is 0 Å². The monoisotopic (exact) mass is 239 g/mol. The molecular formula is C13H18FNO2. The van der Waals surface area contributed by atoms with Gasteiger partial charge in [0.2, 0.25) is 0 Å². The van der Waals surface area contributed by atoms with E-state index in [2.05, 4.69) is 0 Å². The summed E-state index contributed by atoms with van der Waals surface area (Å²) < 4.78 is 24.1. The van der Waals surface area contributed by atoms with Gasteiger partial charge < -0.3 is 15.2 Å². The minimum absolute atomic E-state index is 0.236. The van der Waals surface area contributed by atoms with Gasteiger partial charge in [-0.1, -0.05) is 0 Å². The van der Waals surface area contributed by atoms with E-state index in [1.165, 1.54) is 12.1 Å². The maximum absolute atomic E-state index is 13.1. The van der Waals surface area contributed by atoms with E-state index in [0.29, 0.717) is 23.8 Å². The number of hydrogen-bond donors (Lipinski definition) is 1. The lowest BCUT2D eigenvalue weighted by Gasteiger charge is -2.16.